The van der Waals surface area contributed by atoms with Crippen LogP contribution in [-0.2, 0) is 0 Å². The van der Waals surface area contributed by atoms with Crippen LogP contribution in [0.5, 0.6) is 0 Å². The fourth-order valence-electron chi connectivity index (χ4n) is 1.87. The van der Waals surface area contributed by atoms with Crippen LogP contribution in [0.1, 0.15) is 11.3 Å². The maximum atomic E-state index is 4.11. The number of hydrogen-bond acceptors (Lipinski definition) is 4. The van der Waals surface area contributed by atoms with Gasteiger partial charge in [0.15, 0.2) is 5.65 Å². The zero-order valence-corrected chi connectivity index (χ0v) is 11.3. The quantitative estimate of drug-likeness (QED) is 0.512. The molecule has 6 heteroatoms. The highest BCUT2D eigenvalue weighted by Gasteiger charge is 1.94. The topological polar surface area (TPSA) is 83.1 Å². The second-order valence-electron chi connectivity index (χ2n) is 4.53. The standard InChI is InChI=1S/2C7H7N3/c1-5-2-6-7(3-8-5)10-4-9-6;1-5-2-6-7(8-3-5)10-4-9-6/h2-4H,1H3,(H,9,10);2-4H,1H3,(H,8,9,10). The van der Waals surface area contributed by atoms with Crippen molar-refractivity contribution >= 4 is 22.2 Å². The third-order valence-electron chi connectivity index (χ3n) is 2.85. The van der Waals surface area contributed by atoms with Crippen molar-refractivity contribution in [1.82, 2.24) is 29.9 Å². The van der Waals surface area contributed by atoms with Crippen molar-refractivity contribution in [3.63, 3.8) is 0 Å². The monoisotopic (exact) mass is 266 g/mol. The molecule has 0 radical (unpaired) electrons. The van der Waals surface area contributed by atoms with E-state index in [2.05, 4.69) is 29.9 Å². The first-order valence-corrected chi connectivity index (χ1v) is 6.24. The van der Waals surface area contributed by atoms with Crippen LogP contribution in [-0.4, -0.2) is 29.9 Å². The molecule has 0 aromatic carbocycles. The number of aromatic nitrogens is 6. The minimum atomic E-state index is 0.783. The van der Waals surface area contributed by atoms with E-state index in [4.69, 9.17) is 0 Å². The lowest BCUT2D eigenvalue weighted by Gasteiger charge is -1.88. The number of nitrogens with zero attached hydrogens (tertiary/aromatic N) is 4. The first-order valence-electron chi connectivity index (χ1n) is 6.24. The molecule has 100 valence electrons. The molecule has 4 aromatic heterocycles. The van der Waals surface area contributed by atoms with E-state index in [-0.39, 0.29) is 0 Å². The van der Waals surface area contributed by atoms with Crippen molar-refractivity contribution < 1.29 is 0 Å². The third-order valence-corrected chi connectivity index (χ3v) is 2.85. The largest absolute Gasteiger partial charge is 0.343 e. The number of aryl methyl sites for hydroxylation is 2. The molecule has 0 fully saturated rings. The highest BCUT2D eigenvalue weighted by Crippen LogP contribution is 2.07. The first kappa shape index (κ1) is 12.3. The molecule has 2 N–H and O–H groups in total. The van der Waals surface area contributed by atoms with Crippen LogP contribution in [0.2, 0.25) is 0 Å². The number of imidazole rings is 2. The number of aromatic amines is 2. The van der Waals surface area contributed by atoms with E-state index in [1.54, 1.807) is 18.9 Å². The summed E-state index contributed by atoms with van der Waals surface area (Å²) in [6.45, 7) is 3.96. The molecule has 0 amide bonds. The van der Waals surface area contributed by atoms with E-state index >= 15 is 0 Å². The van der Waals surface area contributed by atoms with Gasteiger partial charge in [-0.15, -0.1) is 0 Å². The molecule has 0 unspecified atom stereocenters. The summed E-state index contributed by atoms with van der Waals surface area (Å²) in [7, 11) is 0. The molecule has 4 rings (SSSR count). The summed E-state index contributed by atoms with van der Waals surface area (Å²) in [4.78, 5) is 22.2. The molecular formula is C14H14N6. The van der Waals surface area contributed by atoms with Gasteiger partial charge in [-0.1, -0.05) is 0 Å². The Labute approximate surface area is 115 Å². The summed E-state index contributed by atoms with van der Waals surface area (Å²) in [6, 6.07) is 3.97. The van der Waals surface area contributed by atoms with Crippen molar-refractivity contribution in [3.05, 3.63) is 48.4 Å². The van der Waals surface area contributed by atoms with Gasteiger partial charge in [0.1, 0.15) is 0 Å². The van der Waals surface area contributed by atoms with E-state index < -0.39 is 0 Å². The fraction of sp³-hybridized carbons (Fsp3) is 0.143. The normalized spacial score (nSPS) is 10.5. The van der Waals surface area contributed by atoms with Gasteiger partial charge in [0, 0.05) is 11.9 Å². The van der Waals surface area contributed by atoms with Gasteiger partial charge in [0.25, 0.3) is 0 Å². The van der Waals surface area contributed by atoms with Gasteiger partial charge in [0.05, 0.1) is 35.4 Å². The zero-order chi connectivity index (χ0) is 13.9. The molecule has 0 aliphatic carbocycles. The number of pyridine rings is 2. The number of fused-ring (bicyclic) bond motifs is 2. The van der Waals surface area contributed by atoms with E-state index in [9.17, 15) is 0 Å². The molecular weight excluding hydrogens is 252 g/mol. The van der Waals surface area contributed by atoms with E-state index in [0.717, 1.165) is 33.5 Å². The Morgan fingerprint density at radius 3 is 2.50 bits per heavy atom. The average Bonchev–Trinajstić information content (AvgIpc) is 3.06. The van der Waals surface area contributed by atoms with Crippen LogP contribution in [0.3, 0.4) is 0 Å². The Morgan fingerprint density at radius 1 is 0.800 bits per heavy atom. The van der Waals surface area contributed by atoms with Gasteiger partial charge in [0.2, 0.25) is 0 Å². The van der Waals surface area contributed by atoms with E-state index in [0.29, 0.717) is 0 Å². The van der Waals surface area contributed by atoms with Crippen LogP contribution in [0.4, 0.5) is 0 Å². The molecule has 0 atom stereocenters. The van der Waals surface area contributed by atoms with Crippen molar-refractivity contribution in [2.45, 2.75) is 13.8 Å². The van der Waals surface area contributed by atoms with E-state index in [1.165, 1.54) is 0 Å². The number of nitrogens with one attached hydrogen (secondary N) is 2. The van der Waals surface area contributed by atoms with Crippen molar-refractivity contribution in [3.8, 4) is 0 Å². The third kappa shape index (κ3) is 2.49. The summed E-state index contributed by atoms with van der Waals surface area (Å²) >= 11 is 0. The lowest BCUT2D eigenvalue weighted by Crippen LogP contribution is -1.78. The maximum Gasteiger partial charge on any atom is 0.177 e. The van der Waals surface area contributed by atoms with Gasteiger partial charge < -0.3 is 9.97 Å². The highest BCUT2D eigenvalue weighted by molar-refractivity contribution is 5.73. The van der Waals surface area contributed by atoms with Crippen molar-refractivity contribution in [1.29, 1.82) is 0 Å². The Kier molecular flexibility index (Phi) is 3.12. The molecule has 0 bridgehead atoms. The molecule has 0 saturated carbocycles. The van der Waals surface area contributed by atoms with Gasteiger partial charge in [-0.3, -0.25) is 4.98 Å². The Morgan fingerprint density at radius 2 is 1.60 bits per heavy atom. The lowest BCUT2D eigenvalue weighted by molar-refractivity contribution is 1.22. The van der Waals surface area contributed by atoms with Gasteiger partial charge in [-0.05, 0) is 31.5 Å². The summed E-state index contributed by atoms with van der Waals surface area (Å²) in [5.74, 6) is 0. The van der Waals surface area contributed by atoms with Crippen LogP contribution in [0, 0.1) is 13.8 Å². The predicted octanol–water partition coefficient (Wildman–Crippen LogP) is 2.53. The summed E-state index contributed by atoms with van der Waals surface area (Å²) in [5.41, 5.74) is 5.90. The van der Waals surface area contributed by atoms with Gasteiger partial charge in [-0.25, -0.2) is 15.0 Å². The van der Waals surface area contributed by atoms with Crippen molar-refractivity contribution in [2.75, 3.05) is 0 Å². The number of rotatable bonds is 0. The van der Waals surface area contributed by atoms with Crippen LogP contribution in [0.15, 0.2) is 37.2 Å². The SMILES string of the molecule is Cc1cc2nc[nH]c2cn1.Cc1cnc2nc[nH]c2c1. The van der Waals surface area contributed by atoms with Gasteiger partial charge in [-0.2, -0.15) is 0 Å². The first-order chi connectivity index (χ1) is 9.72. The number of hydrogen-bond donors (Lipinski definition) is 2. The molecule has 0 saturated heterocycles. The second-order valence-corrected chi connectivity index (χ2v) is 4.53. The minimum Gasteiger partial charge on any atom is -0.343 e. The van der Waals surface area contributed by atoms with Crippen LogP contribution < -0.4 is 0 Å². The van der Waals surface area contributed by atoms with Gasteiger partial charge >= 0.3 is 0 Å². The molecule has 0 aliphatic rings. The fourth-order valence-corrected chi connectivity index (χ4v) is 1.87. The maximum absolute atomic E-state index is 4.11. The Bertz CT molecular complexity index is 773. The minimum absolute atomic E-state index is 0.783. The van der Waals surface area contributed by atoms with Crippen molar-refractivity contribution in [2.24, 2.45) is 0 Å². The Hall–Kier alpha value is -2.76. The smallest absolute Gasteiger partial charge is 0.177 e. The molecule has 20 heavy (non-hydrogen) atoms. The summed E-state index contributed by atoms with van der Waals surface area (Å²) in [5, 5.41) is 0. The lowest BCUT2D eigenvalue weighted by atomic mass is 10.3. The molecule has 4 heterocycles. The molecule has 4 aromatic rings. The molecule has 6 nitrogen and oxygen atoms in total. The second kappa shape index (κ2) is 5.08. The highest BCUT2D eigenvalue weighted by atomic mass is 14.9. The summed E-state index contributed by atoms with van der Waals surface area (Å²) < 4.78 is 0. The average molecular weight is 266 g/mol. The van der Waals surface area contributed by atoms with Crippen LogP contribution >= 0.6 is 0 Å². The predicted molar refractivity (Wildman–Crippen MR) is 77.3 cm³/mol. The Balaban J connectivity index is 0.000000121. The van der Waals surface area contributed by atoms with E-state index in [1.807, 2.05) is 32.2 Å². The number of H-pyrrole nitrogens is 2. The summed E-state index contributed by atoms with van der Waals surface area (Å²) in [6.07, 6.45) is 6.92. The zero-order valence-electron chi connectivity index (χ0n) is 11.3. The molecule has 0 aliphatic heterocycles. The molecule has 0 spiro atoms. The van der Waals surface area contributed by atoms with Crippen LogP contribution in [0.25, 0.3) is 22.2 Å².